The second kappa shape index (κ2) is 2.97. The molecule has 2 N–H and O–H groups in total. The van der Waals surface area contributed by atoms with Crippen LogP contribution in [0.3, 0.4) is 0 Å². The van der Waals surface area contributed by atoms with Gasteiger partial charge in [0.25, 0.3) is 0 Å². The van der Waals surface area contributed by atoms with Gasteiger partial charge in [-0.2, -0.15) is 0 Å². The number of carbonyl (C=O) groups excluding carboxylic acids is 1. The molecule has 3 nitrogen and oxygen atoms in total. The number of hydrogen-bond acceptors (Lipinski definition) is 2. The van der Waals surface area contributed by atoms with Gasteiger partial charge in [-0.1, -0.05) is 27.7 Å². The van der Waals surface area contributed by atoms with Crippen molar-refractivity contribution in [1.82, 2.24) is 4.90 Å². The van der Waals surface area contributed by atoms with Gasteiger partial charge in [0, 0.05) is 25.6 Å². The summed E-state index contributed by atoms with van der Waals surface area (Å²) in [4.78, 5) is 13.6. The second-order valence-corrected chi connectivity index (χ2v) is 6.26. The molecular weight excluding hydrogens is 188 g/mol. The molecule has 3 heteroatoms. The third kappa shape index (κ3) is 1.48. The SMILES string of the molecule is CC1(C)C(CN2CC(N)CC2=O)C1(C)C. The fraction of sp³-hybridized carbons (Fsp3) is 0.917. The molecule has 0 spiro atoms. The highest BCUT2D eigenvalue weighted by molar-refractivity contribution is 5.79. The van der Waals surface area contributed by atoms with Crippen molar-refractivity contribution in [1.29, 1.82) is 0 Å². The van der Waals surface area contributed by atoms with Gasteiger partial charge >= 0.3 is 0 Å². The van der Waals surface area contributed by atoms with E-state index in [1.807, 2.05) is 4.90 Å². The van der Waals surface area contributed by atoms with Crippen LogP contribution < -0.4 is 5.73 Å². The molecular formula is C12H22N2O. The standard InChI is InChI=1S/C12H22N2O/c1-11(2)9(12(11,3)4)7-14-6-8(13)5-10(14)15/h8-9H,5-7,13H2,1-4H3. The number of carbonyl (C=O) groups is 1. The highest BCUT2D eigenvalue weighted by Gasteiger charge is 2.64. The van der Waals surface area contributed by atoms with E-state index < -0.39 is 0 Å². The molecule has 2 rings (SSSR count). The Kier molecular flexibility index (Phi) is 2.16. The maximum Gasteiger partial charge on any atom is 0.224 e. The number of rotatable bonds is 2. The van der Waals surface area contributed by atoms with Crippen LogP contribution in [0.15, 0.2) is 0 Å². The van der Waals surface area contributed by atoms with Crippen molar-refractivity contribution < 1.29 is 4.79 Å². The lowest BCUT2D eigenvalue weighted by atomic mass is 10.0. The van der Waals surface area contributed by atoms with Crippen LogP contribution in [-0.2, 0) is 4.79 Å². The van der Waals surface area contributed by atoms with Crippen molar-refractivity contribution in [2.45, 2.75) is 40.2 Å². The molecule has 2 fully saturated rings. The Labute approximate surface area is 92.0 Å². The lowest BCUT2D eigenvalue weighted by Gasteiger charge is -2.17. The largest absolute Gasteiger partial charge is 0.341 e. The van der Waals surface area contributed by atoms with Crippen LogP contribution in [0.25, 0.3) is 0 Å². The molecule has 0 aromatic carbocycles. The Morgan fingerprint density at radius 3 is 2.20 bits per heavy atom. The Bertz CT molecular complexity index is 282. The van der Waals surface area contributed by atoms with Gasteiger partial charge in [-0.25, -0.2) is 0 Å². The monoisotopic (exact) mass is 210 g/mol. The number of hydrogen-bond donors (Lipinski definition) is 1. The third-order valence-corrected chi connectivity index (χ3v) is 4.97. The summed E-state index contributed by atoms with van der Waals surface area (Å²) in [6.45, 7) is 10.8. The van der Waals surface area contributed by atoms with E-state index in [1.54, 1.807) is 0 Å². The Balaban J connectivity index is 1.98. The normalized spacial score (nSPS) is 33.5. The molecule has 1 heterocycles. The minimum atomic E-state index is 0.0578. The van der Waals surface area contributed by atoms with Crippen molar-refractivity contribution >= 4 is 5.91 Å². The Morgan fingerprint density at radius 1 is 1.33 bits per heavy atom. The zero-order valence-corrected chi connectivity index (χ0v) is 10.2. The van der Waals surface area contributed by atoms with Crippen LogP contribution in [0.5, 0.6) is 0 Å². The molecule has 1 unspecified atom stereocenters. The van der Waals surface area contributed by atoms with Crippen LogP contribution in [-0.4, -0.2) is 29.9 Å². The minimum absolute atomic E-state index is 0.0578. The zero-order valence-electron chi connectivity index (χ0n) is 10.2. The third-order valence-electron chi connectivity index (χ3n) is 4.97. The topological polar surface area (TPSA) is 46.3 Å². The molecule has 0 aromatic heterocycles. The highest BCUT2D eigenvalue weighted by atomic mass is 16.2. The van der Waals surface area contributed by atoms with Crippen molar-refractivity contribution in [3.05, 3.63) is 0 Å². The van der Waals surface area contributed by atoms with Gasteiger partial charge in [-0.05, 0) is 16.7 Å². The predicted molar refractivity (Wildman–Crippen MR) is 60.2 cm³/mol. The molecule has 1 amide bonds. The maximum absolute atomic E-state index is 11.6. The summed E-state index contributed by atoms with van der Waals surface area (Å²) in [5.41, 5.74) is 6.51. The van der Waals surface area contributed by atoms with Crippen molar-refractivity contribution in [3.63, 3.8) is 0 Å². The average molecular weight is 210 g/mol. The Morgan fingerprint density at radius 2 is 1.87 bits per heavy atom. The van der Waals surface area contributed by atoms with Gasteiger partial charge in [0.05, 0.1) is 0 Å². The highest BCUT2D eigenvalue weighted by Crippen LogP contribution is 2.68. The van der Waals surface area contributed by atoms with E-state index in [0.717, 1.165) is 13.1 Å². The van der Waals surface area contributed by atoms with E-state index >= 15 is 0 Å². The van der Waals surface area contributed by atoms with Crippen molar-refractivity contribution in [3.8, 4) is 0 Å². The molecule has 15 heavy (non-hydrogen) atoms. The molecule has 1 saturated heterocycles. The molecule has 0 radical (unpaired) electrons. The molecule has 0 bridgehead atoms. The molecule has 1 saturated carbocycles. The number of amides is 1. The van der Waals surface area contributed by atoms with E-state index in [-0.39, 0.29) is 11.9 Å². The lowest BCUT2D eigenvalue weighted by molar-refractivity contribution is -0.128. The van der Waals surface area contributed by atoms with E-state index in [2.05, 4.69) is 27.7 Å². The smallest absolute Gasteiger partial charge is 0.224 e. The first kappa shape index (κ1) is 10.9. The van der Waals surface area contributed by atoms with E-state index in [9.17, 15) is 4.79 Å². The van der Waals surface area contributed by atoms with E-state index in [1.165, 1.54) is 0 Å². The van der Waals surface area contributed by atoms with Crippen LogP contribution in [0, 0.1) is 16.7 Å². The number of nitrogens with two attached hydrogens (primary N) is 1. The first-order valence-corrected chi connectivity index (χ1v) is 5.80. The Hall–Kier alpha value is -0.570. The first-order valence-electron chi connectivity index (χ1n) is 5.80. The fourth-order valence-electron chi connectivity index (χ4n) is 2.99. The summed E-state index contributed by atoms with van der Waals surface area (Å²) in [5, 5.41) is 0. The van der Waals surface area contributed by atoms with Gasteiger partial charge in [0.1, 0.15) is 0 Å². The predicted octanol–water partition coefficient (Wildman–Crippen LogP) is 1.23. The second-order valence-electron chi connectivity index (χ2n) is 6.26. The molecule has 1 aliphatic heterocycles. The van der Waals surface area contributed by atoms with E-state index in [4.69, 9.17) is 5.73 Å². The molecule has 2 aliphatic rings. The summed E-state index contributed by atoms with van der Waals surface area (Å²) in [7, 11) is 0. The first-order chi connectivity index (χ1) is 6.76. The average Bonchev–Trinajstić information content (AvgIpc) is 2.41. The van der Waals surface area contributed by atoms with Crippen LogP contribution >= 0.6 is 0 Å². The van der Waals surface area contributed by atoms with Crippen LogP contribution in [0.4, 0.5) is 0 Å². The maximum atomic E-state index is 11.6. The number of likely N-dealkylation sites (tertiary alicyclic amines) is 1. The van der Waals surface area contributed by atoms with Gasteiger partial charge in [0.15, 0.2) is 0 Å². The summed E-state index contributed by atoms with van der Waals surface area (Å²) in [6, 6.07) is 0.0578. The van der Waals surface area contributed by atoms with Gasteiger partial charge in [-0.15, -0.1) is 0 Å². The minimum Gasteiger partial charge on any atom is -0.341 e. The van der Waals surface area contributed by atoms with Crippen molar-refractivity contribution in [2.24, 2.45) is 22.5 Å². The molecule has 86 valence electrons. The molecule has 1 atom stereocenters. The summed E-state index contributed by atoms with van der Waals surface area (Å²) < 4.78 is 0. The number of nitrogens with zero attached hydrogens (tertiary/aromatic N) is 1. The quantitative estimate of drug-likeness (QED) is 0.745. The van der Waals surface area contributed by atoms with Crippen molar-refractivity contribution in [2.75, 3.05) is 13.1 Å². The molecule has 0 aromatic rings. The van der Waals surface area contributed by atoms with E-state index in [0.29, 0.717) is 23.2 Å². The zero-order chi connectivity index (χ0) is 11.4. The lowest BCUT2D eigenvalue weighted by Crippen LogP contribution is -2.31. The van der Waals surface area contributed by atoms with Crippen LogP contribution in [0.2, 0.25) is 0 Å². The summed E-state index contributed by atoms with van der Waals surface area (Å²) in [5.74, 6) is 0.861. The van der Waals surface area contributed by atoms with Gasteiger partial charge < -0.3 is 10.6 Å². The summed E-state index contributed by atoms with van der Waals surface area (Å²) >= 11 is 0. The van der Waals surface area contributed by atoms with Gasteiger partial charge in [0.2, 0.25) is 5.91 Å². The molecule has 1 aliphatic carbocycles. The summed E-state index contributed by atoms with van der Waals surface area (Å²) in [6.07, 6.45) is 0.535. The fourth-order valence-corrected chi connectivity index (χ4v) is 2.99. The van der Waals surface area contributed by atoms with Gasteiger partial charge in [-0.3, -0.25) is 4.79 Å². The van der Waals surface area contributed by atoms with Crippen LogP contribution in [0.1, 0.15) is 34.1 Å².